The van der Waals surface area contributed by atoms with Crippen LogP contribution in [0.5, 0.6) is 0 Å². The van der Waals surface area contributed by atoms with Crippen molar-refractivity contribution in [2.24, 2.45) is 0 Å². The number of rotatable bonds is 2. The van der Waals surface area contributed by atoms with E-state index in [-0.39, 0.29) is 15.9 Å². The number of carbonyl (C=O) groups is 1. The van der Waals surface area contributed by atoms with Crippen LogP contribution < -0.4 is 0 Å². The number of pyridine rings is 1. The van der Waals surface area contributed by atoms with E-state index in [1.54, 1.807) is 0 Å². The molecule has 1 aliphatic heterocycles. The van der Waals surface area contributed by atoms with Crippen molar-refractivity contribution in [2.45, 2.75) is 5.37 Å². The van der Waals surface area contributed by atoms with Gasteiger partial charge in [-0.3, -0.25) is 4.79 Å². The molecule has 1 aromatic heterocycles. The van der Waals surface area contributed by atoms with E-state index in [1.165, 1.54) is 28.8 Å². The van der Waals surface area contributed by atoms with Crippen molar-refractivity contribution in [3.63, 3.8) is 0 Å². The molecule has 2 rings (SSSR count). The Hall–Kier alpha value is -0.500. The minimum atomic E-state index is -3.35. The van der Waals surface area contributed by atoms with Gasteiger partial charge < -0.3 is 4.90 Å². The zero-order chi connectivity index (χ0) is 14.9. The van der Waals surface area contributed by atoms with E-state index < -0.39 is 21.1 Å². The third-order valence-electron chi connectivity index (χ3n) is 2.88. The van der Waals surface area contributed by atoms with E-state index in [0.717, 1.165) is 6.26 Å². The molecular weight excluding hydrogens is 343 g/mol. The van der Waals surface area contributed by atoms with Crippen LogP contribution >= 0.6 is 35.0 Å². The van der Waals surface area contributed by atoms with Crippen LogP contribution in [0.4, 0.5) is 0 Å². The predicted molar refractivity (Wildman–Crippen MR) is 81.3 cm³/mol. The van der Waals surface area contributed by atoms with Gasteiger partial charge in [-0.2, -0.15) is 11.8 Å². The van der Waals surface area contributed by atoms with Crippen LogP contribution in [-0.2, 0) is 9.84 Å². The monoisotopic (exact) mass is 354 g/mol. The molecule has 1 amide bonds. The summed E-state index contributed by atoms with van der Waals surface area (Å²) in [6.07, 6.45) is 1.13. The van der Waals surface area contributed by atoms with E-state index in [4.69, 9.17) is 23.2 Å². The molecule has 1 unspecified atom stereocenters. The fraction of sp³-hybridized carbons (Fsp3) is 0.455. The Kier molecular flexibility index (Phi) is 4.84. The molecule has 0 aromatic carbocycles. The average Bonchev–Trinajstić information content (AvgIpc) is 2.37. The lowest BCUT2D eigenvalue weighted by Crippen LogP contribution is -2.50. The number of carbonyl (C=O) groups excluding carboxylic acids is 1. The Morgan fingerprint density at radius 3 is 2.75 bits per heavy atom. The molecule has 0 radical (unpaired) electrons. The highest BCUT2D eigenvalue weighted by Gasteiger charge is 2.35. The number of hydrogen-bond donors (Lipinski definition) is 0. The first-order valence-electron chi connectivity index (χ1n) is 5.70. The standard InChI is InChI=1S/C11H12Cl2N2O3S2/c1-20(17,18)9-6-19-5-4-15(9)11(16)7-2-3-8(12)14-10(7)13/h2-3,9H,4-6H2,1H3. The topological polar surface area (TPSA) is 67.3 Å². The minimum absolute atomic E-state index is 0.0204. The molecule has 20 heavy (non-hydrogen) atoms. The average molecular weight is 355 g/mol. The van der Waals surface area contributed by atoms with Crippen LogP contribution in [0.15, 0.2) is 12.1 Å². The molecule has 2 heterocycles. The van der Waals surface area contributed by atoms with Gasteiger partial charge in [0.25, 0.3) is 5.91 Å². The van der Waals surface area contributed by atoms with Crippen molar-refractivity contribution in [1.29, 1.82) is 0 Å². The summed E-state index contributed by atoms with van der Waals surface area (Å²) in [4.78, 5) is 17.6. The van der Waals surface area contributed by atoms with Gasteiger partial charge in [0.1, 0.15) is 15.7 Å². The zero-order valence-electron chi connectivity index (χ0n) is 10.5. The van der Waals surface area contributed by atoms with E-state index >= 15 is 0 Å². The van der Waals surface area contributed by atoms with Crippen LogP contribution in [0.1, 0.15) is 10.4 Å². The maximum Gasteiger partial charge on any atom is 0.258 e. The molecule has 0 aliphatic carbocycles. The van der Waals surface area contributed by atoms with E-state index in [1.807, 2.05) is 0 Å². The second-order valence-electron chi connectivity index (χ2n) is 4.33. The fourth-order valence-corrected chi connectivity index (χ4v) is 5.13. The first-order chi connectivity index (χ1) is 9.30. The van der Waals surface area contributed by atoms with Crippen molar-refractivity contribution >= 4 is 50.7 Å². The number of nitrogens with zero attached hydrogens (tertiary/aromatic N) is 2. The van der Waals surface area contributed by atoms with Crippen LogP contribution in [0, 0.1) is 0 Å². The second kappa shape index (κ2) is 6.09. The second-order valence-corrected chi connectivity index (χ2v) is 8.43. The summed E-state index contributed by atoms with van der Waals surface area (Å²) >= 11 is 13.1. The molecule has 0 saturated carbocycles. The van der Waals surface area contributed by atoms with Crippen molar-refractivity contribution in [3.05, 3.63) is 28.0 Å². The quantitative estimate of drug-likeness (QED) is 0.759. The summed E-state index contributed by atoms with van der Waals surface area (Å²) in [6, 6.07) is 2.91. The fourth-order valence-electron chi connectivity index (χ4n) is 1.89. The first-order valence-corrected chi connectivity index (χ1v) is 9.57. The molecule has 5 nitrogen and oxygen atoms in total. The zero-order valence-corrected chi connectivity index (χ0v) is 13.7. The largest absolute Gasteiger partial charge is 0.320 e. The summed E-state index contributed by atoms with van der Waals surface area (Å²) in [7, 11) is -3.35. The van der Waals surface area contributed by atoms with Crippen molar-refractivity contribution < 1.29 is 13.2 Å². The Morgan fingerprint density at radius 1 is 1.45 bits per heavy atom. The molecule has 110 valence electrons. The van der Waals surface area contributed by atoms with Gasteiger partial charge in [-0.05, 0) is 12.1 Å². The normalized spacial score (nSPS) is 19.9. The maximum atomic E-state index is 12.5. The highest BCUT2D eigenvalue weighted by atomic mass is 35.5. The third-order valence-corrected chi connectivity index (χ3v) is 6.03. The number of thioether (sulfide) groups is 1. The van der Waals surface area contributed by atoms with Gasteiger partial charge in [0.05, 0.1) is 5.56 Å². The molecule has 1 saturated heterocycles. The molecule has 1 aromatic rings. The Labute approximate surface area is 131 Å². The molecule has 1 aliphatic rings. The molecule has 0 spiro atoms. The Morgan fingerprint density at radius 2 is 2.15 bits per heavy atom. The van der Waals surface area contributed by atoms with E-state index in [0.29, 0.717) is 18.1 Å². The molecule has 0 N–H and O–H groups in total. The van der Waals surface area contributed by atoms with Crippen LogP contribution in [0.2, 0.25) is 10.3 Å². The lowest BCUT2D eigenvalue weighted by molar-refractivity contribution is 0.0749. The van der Waals surface area contributed by atoms with Crippen molar-refractivity contribution in [1.82, 2.24) is 9.88 Å². The smallest absolute Gasteiger partial charge is 0.258 e. The van der Waals surface area contributed by atoms with Gasteiger partial charge in [-0.1, -0.05) is 23.2 Å². The third kappa shape index (κ3) is 3.39. The highest BCUT2D eigenvalue weighted by molar-refractivity contribution is 8.00. The number of hydrogen-bond acceptors (Lipinski definition) is 5. The summed E-state index contributed by atoms with van der Waals surface area (Å²) in [5.74, 6) is 0.620. The van der Waals surface area contributed by atoms with Gasteiger partial charge >= 0.3 is 0 Å². The van der Waals surface area contributed by atoms with E-state index in [9.17, 15) is 13.2 Å². The molecule has 1 fully saturated rings. The lowest BCUT2D eigenvalue weighted by Gasteiger charge is -2.34. The Balaban J connectivity index is 2.35. The summed E-state index contributed by atoms with van der Waals surface area (Å²) in [5.41, 5.74) is 0.164. The molecule has 9 heteroatoms. The molecule has 0 bridgehead atoms. The Bertz CT molecular complexity index is 637. The summed E-state index contributed by atoms with van der Waals surface area (Å²) in [5, 5.41) is -0.672. The van der Waals surface area contributed by atoms with Crippen molar-refractivity contribution in [2.75, 3.05) is 24.3 Å². The number of halogens is 2. The van der Waals surface area contributed by atoms with Gasteiger partial charge in [0.15, 0.2) is 9.84 Å². The predicted octanol–water partition coefficient (Wildman–Crippen LogP) is 1.95. The number of aromatic nitrogens is 1. The molecular formula is C11H12Cl2N2O3S2. The molecule has 1 atom stereocenters. The van der Waals surface area contributed by atoms with Crippen LogP contribution in [0.3, 0.4) is 0 Å². The van der Waals surface area contributed by atoms with E-state index in [2.05, 4.69) is 4.98 Å². The van der Waals surface area contributed by atoms with Gasteiger partial charge in [0, 0.05) is 24.3 Å². The van der Waals surface area contributed by atoms with Crippen LogP contribution in [-0.4, -0.2) is 53.9 Å². The SMILES string of the molecule is CS(=O)(=O)C1CSCCN1C(=O)c1ccc(Cl)nc1Cl. The van der Waals surface area contributed by atoms with Crippen molar-refractivity contribution in [3.8, 4) is 0 Å². The maximum absolute atomic E-state index is 12.5. The lowest BCUT2D eigenvalue weighted by atomic mass is 10.2. The van der Waals surface area contributed by atoms with Gasteiger partial charge in [-0.25, -0.2) is 13.4 Å². The van der Waals surface area contributed by atoms with Crippen LogP contribution in [0.25, 0.3) is 0 Å². The van der Waals surface area contributed by atoms with Gasteiger partial charge in [-0.15, -0.1) is 0 Å². The van der Waals surface area contributed by atoms with Gasteiger partial charge in [0.2, 0.25) is 0 Å². The first kappa shape index (κ1) is 15.9. The summed E-state index contributed by atoms with van der Waals surface area (Å²) in [6.45, 7) is 0.361. The number of sulfone groups is 1. The summed E-state index contributed by atoms with van der Waals surface area (Å²) < 4.78 is 23.6. The number of amides is 1. The highest BCUT2D eigenvalue weighted by Crippen LogP contribution is 2.25. The minimum Gasteiger partial charge on any atom is -0.320 e.